The number of unbranched alkanes of at least 4 members (excludes halogenated alkanes) is 6. The Hall–Kier alpha value is -11.6. The van der Waals surface area contributed by atoms with Crippen molar-refractivity contribution in [3.05, 3.63) is 220 Å². The summed E-state index contributed by atoms with van der Waals surface area (Å²) in [6.45, 7) is 16.2. The van der Waals surface area contributed by atoms with Gasteiger partial charge in [-0.15, -0.1) is 0 Å². The third kappa shape index (κ3) is 23.1. The first kappa shape index (κ1) is 82.7. The summed E-state index contributed by atoms with van der Waals surface area (Å²) in [5.74, 6) is -13.5. The highest BCUT2D eigenvalue weighted by molar-refractivity contribution is 6.07. The quantitative estimate of drug-likeness (QED) is 0.0168. The van der Waals surface area contributed by atoms with E-state index in [9.17, 15) is 88.8 Å². The Balaban J connectivity index is 0.000000334. The van der Waals surface area contributed by atoms with Crippen LogP contribution in [0.5, 0.6) is 23.0 Å². The summed E-state index contributed by atoms with van der Waals surface area (Å²) >= 11 is 0. The number of carbonyl (C=O) groups is 10. The van der Waals surface area contributed by atoms with E-state index in [-0.39, 0.29) is 115 Å². The lowest BCUT2D eigenvalue weighted by Crippen LogP contribution is -2.16. The molecule has 0 saturated carbocycles. The monoisotopic (exact) mass is 1380 g/mol. The van der Waals surface area contributed by atoms with Crippen LogP contribution >= 0.6 is 0 Å². The number of phenolic OH excluding ortho intramolecular Hbond substituents is 4. The second-order valence-electron chi connectivity index (χ2n) is 23.6. The zero-order valence-electron chi connectivity index (χ0n) is 57.0. The van der Waals surface area contributed by atoms with Gasteiger partial charge in [0.15, 0.2) is 0 Å². The Morgan fingerprint density at radius 3 is 1.28 bits per heavy atom. The van der Waals surface area contributed by atoms with E-state index >= 15 is 0 Å². The van der Waals surface area contributed by atoms with Gasteiger partial charge in [0.25, 0.3) is 0 Å². The zero-order chi connectivity index (χ0) is 75.4. The van der Waals surface area contributed by atoms with Crippen LogP contribution in [-0.4, -0.2) is 133 Å². The van der Waals surface area contributed by atoms with Crippen molar-refractivity contribution in [1.29, 1.82) is 0 Å². The Morgan fingerprint density at radius 1 is 0.380 bits per heavy atom. The maximum atomic E-state index is 12.2. The number of carbonyl (C=O) groups excluding carboxylic acids is 1. The molecule has 534 valence electrons. The SMILES string of the molecule is CC(C)c1cc(C(=O)O)c(C(=O)O)c(C(C)C)c1O.CCCCCCc1ccc(C(=O)OCC)c(C(=O)O)c1CCCCCC.Cc1cc(C(=O)O)c(C(=O)O)c(C)c1O.O=C(O)c1cc(Cc2ccccc2)c(O)c(Cc2ccccc2)c1C(=O)O.O=C(O)c1ccc(O)cc1C(=O)O. The number of phenols is 4. The maximum absolute atomic E-state index is 12.2. The van der Waals surface area contributed by atoms with Gasteiger partial charge in [-0.05, 0) is 140 Å². The van der Waals surface area contributed by atoms with E-state index < -0.39 is 65.3 Å². The van der Waals surface area contributed by atoms with Gasteiger partial charge in [0, 0.05) is 29.5 Å². The fourth-order valence-electron chi connectivity index (χ4n) is 10.9. The zero-order valence-corrected chi connectivity index (χ0v) is 57.0. The summed E-state index contributed by atoms with van der Waals surface area (Å²) in [6.07, 6.45) is 10.9. The van der Waals surface area contributed by atoms with Crippen LogP contribution < -0.4 is 0 Å². The topological polar surface area (TPSA) is 443 Å². The smallest absolute Gasteiger partial charge is 0.339 e. The molecule has 0 aliphatic carbocycles. The molecule has 0 saturated heterocycles. The highest BCUT2D eigenvalue weighted by Crippen LogP contribution is 2.39. The average Bonchev–Trinajstić information content (AvgIpc) is 0.789. The van der Waals surface area contributed by atoms with Crippen LogP contribution in [0.2, 0.25) is 0 Å². The highest BCUT2D eigenvalue weighted by atomic mass is 16.5. The molecule has 24 heteroatoms. The van der Waals surface area contributed by atoms with Crippen LogP contribution in [-0.2, 0) is 30.4 Å². The molecule has 0 aromatic heterocycles. The molecule has 7 aromatic carbocycles. The fourth-order valence-corrected chi connectivity index (χ4v) is 10.9. The molecular weight excluding hydrogens is 1300 g/mol. The van der Waals surface area contributed by atoms with Gasteiger partial charge in [0.2, 0.25) is 0 Å². The molecule has 0 heterocycles. The van der Waals surface area contributed by atoms with Crippen LogP contribution in [0.4, 0.5) is 0 Å². The van der Waals surface area contributed by atoms with Gasteiger partial charge in [-0.25, -0.2) is 47.9 Å². The number of esters is 1. The number of aromatic carboxylic acids is 9. The second kappa shape index (κ2) is 39.6. The number of benzene rings is 7. The molecule has 0 spiro atoms. The Bertz CT molecular complexity index is 4090. The van der Waals surface area contributed by atoms with E-state index in [1.807, 2.05) is 56.3 Å². The summed E-state index contributed by atoms with van der Waals surface area (Å²) in [4.78, 5) is 113. The molecule has 7 rings (SSSR count). The lowest BCUT2D eigenvalue weighted by molar-refractivity contribution is 0.0512. The number of aryl methyl sites for hydroxylation is 2. The number of ether oxygens (including phenoxy) is 1. The minimum atomic E-state index is -1.38. The van der Waals surface area contributed by atoms with Gasteiger partial charge in [0.1, 0.15) is 23.0 Å². The number of rotatable bonds is 27. The van der Waals surface area contributed by atoms with Gasteiger partial charge in [-0.1, -0.05) is 147 Å². The maximum Gasteiger partial charge on any atom is 0.339 e. The molecule has 7 aromatic rings. The normalized spacial score (nSPS) is 10.5. The van der Waals surface area contributed by atoms with E-state index in [1.165, 1.54) is 38.8 Å². The molecule has 0 bridgehead atoms. The van der Waals surface area contributed by atoms with Gasteiger partial charge >= 0.3 is 59.7 Å². The van der Waals surface area contributed by atoms with Crippen molar-refractivity contribution in [2.75, 3.05) is 6.61 Å². The minimum absolute atomic E-state index is 0.0694. The fraction of sp³-hybridized carbons (Fsp3) is 0.316. The van der Waals surface area contributed by atoms with E-state index in [0.29, 0.717) is 29.5 Å². The van der Waals surface area contributed by atoms with Gasteiger partial charge in [-0.3, -0.25) is 0 Å². The summed E-state index contributed by atoms with van der Waals surface area (Å²) < 4.78 is 5.07. The molecule has 0 atom stereocenters. The average molecular weight is 1380 g/mol. The lowest BCUT2D eigenvalue weighted by Gasteiger charge is -2.19. The molecule has 13 N–H and O–H groups in total. The Labute approximate surface area is 577 Å². The molecular formula is C76H86O24. The van der Waals surface area contributed by atoms with Crippen LogP contribution in [0.25, 0.3) is 0 Å². The molecule has 0 fully saturated rings. The van der Waals surface area contributed by atoms with Crippen LogP contribution in [0, 0.1) is 13.8 Å². The van der Waals surface area contributed by atoms with Crippen LogP contribution in [0.3, 0.4) is 0 Å². The lowest BCUT2D eigenvalue weighted by atomic mass is 9.86. The summed E-state index contributed by atoms with van der Waals surface area (Å²) in [6, 6.07) is 28.6. The van der Waals surface area contributed by atoms with Gasteiger partial charge < -0.3 is 71.1 Å². The van der Waals surface area contributed by atoms with Crippen molar-refractivity contribution in [2.24, 2.45) is 0 Å². The molecule has 0 radical (unpaired) electrons. The molecule has 0 aliphatic rings. The van der Waals surface area contributed by atoms with E-state index in [4.69, 9.17) is 30.3 Å². The van der Waals surface area contributed by atoms with Crippen molar-refractivity contribution >= 4 is 59.7 Å². The van der Waals surface area contributed by atoms with E-state index in [1.54, 1.807) is 51.1 Å². The largest absolute Gasteiger partial charge is 0.508 e. The summed E-state index contributed by atoms with van der Waals surface area (Å²) in [5.41, 5.74) is 2.68. The predicted molar refractivity (Wildman–Crippen MR) is 369 cm³/mol. The van der Waals surface area contributed by atoms with Gasteiger partial charge in [-0.2, -0.15) is 0 Å². The van der Waals surface area contributed by atoms with Crippen molar-refractivity contribution in [3.8, 4) is 23.0 Å². The standard InChI is InChI=1S/C22H18O5.C22H34O4.C14H18O5.C10H10O5.C8H6O5/c23-20-16(11-14-7-3-1-4-8-14)13-18(21(24)25)19(22(26)27)17(20)12-15-9-5-2-6-10-15;1-4-7-9-11-13-17-15-16-19(22(25)26-6-3)20(21(23)24)18(17)14-12-10-8-5-2;1-6(2)8-5-9(13(16)17)11(14(18)19)10(7(3)4)12(8)15;1-4-3-6(9(12)13)7(10(14)15)5(2)8(4)11;9-4-1-2-5(7(10)11)6(3-4)8(12)13/h1-10,13,23H,11-12H2,(H,24,25)(H,26,27);15-16H,4-14H2,1-3H3,(H,23,24);5-7,15H,1-4H3,(H,16,17)(H,18,19);3,11H,1-2H3,(H,12,13)(H,14,15);1-3,9H,(H,10,11)(H,12,13). The van der Waals surface area contributed by atoms with E-state index in [0.717, 1.165) is 91.5 Å². The summed E-state index contributed by atoms with van der Waals surface area (Å²) in [5, 5.41) is 122. The molecule has 24 nitrogen and oxygen atoms in total. The van der Waals surface area contributed by atoms with Crippen molar-refractivity contribution in [2.45, 2.75) is 151 Å². The Morgan fingerprint density at radius 2 is 0.830 bits per heavy atom. The number of hydrogen-bond acceptors (Lipinski definition) is 15. The first-order valence-corrected chi connectivity index (χ1v) is 32.0. The Kier molecular flexibility index (Phi) is 32.7. The van der Waals surface area contributed by atoms with Gasteiger partial charge in [0.05, 0.1) is 62.2 Å². The van der Waals surface area contributed by atoms with Crippen LogP contribution in [0.15, 0.2) is 109 Å². The van der Waals surface area contributed by atoms with E-state index in [2.05, 4.69) is 13.8 Å². The van der Waals surface area contributed by atoms with Crippen molar-refractivity contribution in [1.82, 2.24) is 0 Å². The highest BCUT2D eigenvalue weighted by Gasteiger charge is 2.30. The number of hydrogen-bond donors (Lipinski definition) is 13. The molecule has 0 aliphatic heterocycles. The van der Waals surface area contributed by atoms with Crippen LogP contribution in [0.1, 0.15) is 271 Å². The minimum Gasteiger partial charge on any atom is -0.508 e. The number of carboxylic acids is 9. The number of aromatic hydroxyl groups is 4. The second-order valence-corrected chi connectivity index (χ2v) is 23.6. The first-order valence-electron chi connectivity index (χ1n) is 32.0. The third-order valence-electron chi connectivity index (χ3n) is 15.7. The van der Waals surface area contributed by atoms with Crippen molar-refractivity contribution in [3.63, 3.8) is 0 Å². The first-order chi connectivity index (χ1) is 47.1. The third-order valence-corrected chi connectivity index (χ3v) is 15.7. The molecule has 0 amide bonds. The molecule has 0 unspecified atom stereocenters. The summed E-state index contributed by atoms with van der Waals surface area (Å²) in [7, 11) is 0. The molecule has 100 heavy (non-hydrogen) atoms. The van der Waals surface area contributed by atoms with Crippen molar-refractivity contribution < 1.29 is 119 Å². The number of carboxylic acid groups (broad SMARTS) is 9. The predicted octanol–water partition coefficient (Wildman–Crippen LogP) is 15.0.